The highest BCUT2D eigenvalue weighted by atomic mass is 16.5. The quantitative estimate of drug-likeness (QED) is 0.159. The first-order chi connectivity index (χ1) is 26.1. The highest BCUT2D eigenvalue weighted by Crippen LogP contribution is 2.44. The number of hydrogen-bond donors (Lipinski definition) is 3. The third-order valence-corrected chi connectivity index (χ3v) is 12.2. The fraction of sp³-hybridized carbons (Fsp3) is 0.642. The minimum absolute atomic E-state index is 0.218. The van der Waals surface area contributed by atoms with Gasteiger partial charge < -0.3 is 20.1 Å². The Morgan fingerprint density at radius 3 is 0.914 bits per heavy atom. The maximum atomic E-state index is 13.7. The summed E-state index contributed by atoms with van der Waals surface area (Å²) in [5.41, 5.74) is 7.26. The number of phenols is 3. The van der Waals surface area contributed by atoms with Crippen molar-refractivity contribution in [1.82, 2.24) is 0 Å². The van der Waals surface area contributed by atoms with E-state index in [9.17, 15) is 20.1 Å². The monoisotopic (exact) mass is 799 g/mol. The Balaban J connectivity index is 2.03. The summed E-state index contributed by atoms with van der Waals surface area (Å²) in [5.74, 6) is 0.891. The van der Waals surface area contributed by atoms with Crippen molar-refractivity contribution in [2.75, 3.05) is 6.61 Å². The van der Waals surface area contributed by atoms with Crippen LogP contribution < -0.4 is 0 Å². The smallest absolute Gasteiger partial charge is 0.306 e. The van der Waals surface area contributed by atoms with Gasteiger partial charge in [0.25, 0.3) is 0 Å². The lowest BCUT2D eigenvalue weighted by Crippen LogP contribution is -2.30. The lowest BCUT2D eigenvalue weighted by molar-refractivity contribution is -0.147. The second kappa shape index (κ2) is 17.3. The summed E-state index contributed by atoms with van der Waals surface area (Å²) in [4.78, 5) is 13.7. The predicted octanol–water partition coefficient (Wildman–Crippen LogP) is 13.7. The Labute approximate surface area is 354 Å². The molecular weight excluding hydrogens is 717 g/mol. The van der Waals surface area contributed by atoms with Gasteiger partial charge in [-0.05, 0) is 121 Å². The van der Waals surface area contributed by atoms with Gasteiger partial charge in [-0.15, -0.1) is 0 Å². The molecule has 58 heavy (non-hydrogen) atoms. The lowest BCUT2D eigenvalue weighted by Gasteiger charge is -2.34. The van der Waals surface area contributed by atoms with E-state index < -0.39 is 0 Å². The number of aryl methyl sites for hydroxylation is 3. The second-order valence-electron chi connectivity index (χ2n) is 23.6. The molecule has 0 aliphatic heterocycles. The normalized spacial score (nSPS) is 13.6. The molecule has 0 aliphatic rings. The molecule has 3 N–H and O–H groups in total. The maximum absolute atomic E-state index is 13.7. The third kappa shape index (κ3) is 12.3. The van der Waals surface area contributed by atoms with Crippen LogP contribution in [-0.4, -0.2) is 27.9 Å². The lowest BCUT2D eigenvalue weighted by atomic mass is 9.73. The van der Waals surface area contributed by atoms with Gasteiger partial charge in [0.15, 0.2) is 0 Å². The Morgan fingerprint density at radius 2 is 0.690 bits per heavy atom. The fourth-order valence-corrected chi connectivity index (χ4v) is 8.04. The number of carbonyl (C=O) groups is 1. The predicted molar refractivity (Wildman–Crippen MR) is 245 cm³/mol. The molecule has 0 atom stereocenters. The molecule has 0 saturated heterocycles. The Hall–Kier alpha value is -3.47. The van der Waals surface area contributed by atoms with Gasteiger partial charge in [-0.25, -0.2) is 0 Å². The summed E-state index contributed by atoms with van der Waals surface area (Å²) >= 11 is 0. The molecule has 3 rings (SSSR count). The number of rotatable bonds is 12. The van der Waals surface area contributed by atoms with Gasteiger partial charge in [0.2, 0.25) is 0 Å². The van der Waals surface area contributed by atoms with Crippen molar-refractivity contribution in [2.24, 2.45) is 5.41 Å². The Kier molecular flexibility index (Phi) is 14.5. The molecule has 0 aliphatic carbocycles. The van der Waals surface area contributed by atoms with Crippen LogP contribution in [0.15, 0.2) is 36.4 Å². The molecule has 0 spiro atoms. The molecule has 324 valence electrons. The molecule has 0 unspecified atom stereocenters. The zero-order valence-electron chi connectivity index (χ0n) is 40.3. The zero-order chi connectivity index (χ0) is 44.6. The van der Waals surface area contributed by atoms with Crippen molar-refractivity contribution in [3.8, 4) is 17.2 Å². The highest BCUT2D eigenvalue weighted by molar-refractivity contribution is 5.70. The number of hydrogen-bond acceptors (Lipinski definition) is 5. The molecule has 0 amide bonds. The molecule has 5 heteroatoms. The van der Waals surface area contributed by atoms with Crippen molar-refractivity contribution >= 4 is 5.97 Å². The second-order valence-corrected chi connectivity index (χ2v) is 23.6. The molecule has 0 radical (unpaired) electrons. The maximum Gasteiger partial charge on any atom is 0.306 e. The van der Waals surface area contributed by atoms with E-state index in [4.69, 9.17) is 4.74 Å². The number of aromatic hydroxyl groups is 3. The SMILES string of the molecule is CCC(CCc1cc(C(C)(C)C)c(O)c(C(C)(C)C)c1)(CCc1cc(C(C)(C)C)c(O)c(C(C)(C)C)c1)COC(=O)CCc1cc(C(C)(C)C)c(O)c(C(C)(C)C)c1. The van der Waals surface area contributed by atoms with Crippen LogP contribution in [-0.2, 0) is 61.3 Å². The van der Waals surface area contributed by atoms with Gasteiger partial charge in [-0.2, -0.15) is 0 Å². The van der Waals surface area contributed by atoms with Crippen LogP contribution in [0.3, 0.4) is 0 Å². The number of esters is 1. The van der Waals surface area contributed by atoms with Crippen LogP contribution in [0.5, 0.6) is 17.2 Å². The van der Waals surface area contributed by atoms with Crippen LogP contribution in [0.25, 0.3) is 0 Å². The number of benzene rings is 3. The molecule has 5 nitrogen and oxygen atoms in total. The number of phenolic OH excluding ortho intramolecular Hbond substituents is 3. The van der Waals surface area contributed by atoms with Crippen LogP contribution in [0.4, 0.5) is 0 Å². The minimum atomic E-state index is -0.309. The standard InChI is InChI=1S/C53H82O5/c1-20-53(25-23-35-29-39(49(8,9)10)45(56)40(30-35)50(11,12)13,26-24-36-31-41(51(14,15)16)46(57)42(32-36)52(17,18)19)33-58-43(54)22-21-34-27-37(47(2,3)4)44(55)38(28-34)48(5,6)7/h27-32,55-57H,20-26,33H2,1-19H3. The van der Waals surface area contributed by atoms with Gasteiger partial charge in [0, 0.05) is 11.8 Å². The van der Waals surface area contributed by atoms with E-state index >= 15 is 0 Å². The van der Waals surface area contributed by atoms with E-state index in [2.05, 4.69) is 168 Å². The van der Waals surface area contributed by atoms with Crippen molar-refractivity contribution in [1.29, 1.82) is 0 Å². The first kappa shape index (κ1) is 48.9. The van der Waals surface area contributed by atoms with Gasteiger partial charge in [-0.3, -0.25) is 4.79 Å². The zero-order valence-corrected chi connectivity index (χ0v) is 40.3. The van der Waals surface area contributed by atoms with E-state index in [1.165, 1.54) is 11.1 Å². The van der Waals surface area contributed by atoms with Crippen LogP contribution >= 0.6 is 0 Å². The highest BCUT2D eigenvalue weighted by Gasteiger charge is 2.34. The number of carbonyl (C=O) groups excluding carboxylic acids is 1. The van der Waals surface area contributed by atoms with Gasteiger partial charge in [0.1, 0.15) is 17.2 Å². The van der Waals surface area contributed by atoms with E-state index in [0.29, 0.717) is 30.3 Å². The summed E-state index contributed by atoms with van der Waals surface area (Å²) in [6.45, 7) is 40.9. The van der Waals surface area contributed by atoms with Crippen molar-refractivity contribution in [3.05, 3.63) is 86.5 Å². The summed E-state index contributed by atoms with van der Waals surface area (Å²) in [5, 5.41) is 34.2. The largest absolute Gasteiger partial charge is 0.507 e. The Morgan fingerprint density at radius 1 is 0.448 bits per heavy atom. The fourth-order valence-electron chi connectivity index (χ4n) is 8.04. The van der Waals surface area contributed by atoms with Gasteiger partial charge >= 0.3 is 5.97 Å². The molecule has 0 saturated carbocycles. The molecule has 0 fully saturated rings. The van der Waals surface area contributed by atoms with Crippen LogP contribution in [0, 0.1) is 5.41 Å². The first-order valence-electron chi connectivity index (χ1n) is 21.9. The summed E-state index contributed by atoms with van der Waals surface area (Å²) < 4.78 is 6.30. The van der Waals surface area contributed by atoms with E-state index in [1.54, 1.807) is 0 Å². The number of ether oxygens (including phenoxy) is 1. The van der Waals surface area contributed by atoms with Crippen molar-refractivity contribution in [3.63, 3.8) is 0 Å². The summed E-state index contributed by atoms with van der Waals surface area (Å²) in [6, 6.07) is 12.8. The molecular formula is C53H82O5. The molecule has 3 aromatic carbocycles. The van der Waals surface area contributed by atoms with E-state index in [0.717, 1.165) is 71.0 Å². The minimum Gasteiger partial charge on any atom is -0.507 e. The van der Waals surface area contributed by atoms with Crippen molar-refractivity contribution in [2.45, 2.75) is 209 Å². The van der Waals surface area contributed by atoms with E-state index in [-0.39, 0.29) is 50.3 Å². The topological polar surface area (TPSA) is 87.0 Å². The van der Waals surface area contributed by atoms with Gasteiger partial charge in [0.05, 0.1) is 6.61 Å². The average Bonchev–Trinajstić information content (AvgIpc) is 3.05. The first-order valence-corrected chi connectivity index (χ1v) is 21.9. The van der Waals surface area contributed by atoms with Crippen LogP contribution in [0.1, 0.15) is 207 Å². The van der Waals surface area contributed by atoms with E-state index in [1.807, 2.05) is 0 Å². The van der Waals surface area contributed by atoms with Gasteiger partial charge in [-0.1, -0.05) is 168 Å². The summed E-state index contributed by atoms with van der Waals surface area (Å²) in [6.07, 6.45) is 4.80. The molecule has 0 aromatic heterocycles. The molecule has 3 aromatic rings. The summed E-state index contributed by atoms with van der Waals surface area (Å²) in [7, 11) is 0. The molecule has 0 heterocycles. The average molecular weight is 799 g/mol. The third-order valence-electron chi connectivity index (χ3n) is 12.2. The Bertz CT molecular complexity index is 1710. The molecule has 0 bridgehead atoms. The van der Waals surface area contributed by atoms with Crippen LogP contribution in [0.2, 0.25) is 0 Å². The van der Waals surface area contributed by atoms with Crippen molar-refractivity contribution < 1.29 is 24.9 Å².